The lowest BCUT2D eigenvalue weighted by Gasteiger charge is -2.57. The Hall–Kier alpha value is -1.40. The van der Waals surface area contributed by atoms with Gasteiger partial charge in [0.15, 0.2) is 11.6 Å². The third kappa shape index (κ3) is 2.38. The van der Waals surface area contributed by atoms with Gasteiger partial charge in [0.1, 0.15) is 0 Å². The molecule has 0 amide bonds. The first kappa shape index (κ1) is 18.0. The van der Waals surface area contributed by atoms with Gasteiger partial charge in [-0.25, -0.2) is 0 Å². The van der Waals surface area contributed by atoms with Crippen molar-refractivity contribution in [2.45, 2.75) is 72.6 Å². The summed E-state index contributed by atoms with van der Waals surface area (Å²) < 4.78 is 0. The molecule has 3 fully saturated rings. The van der Waals surface area contributed by atoms with E-state index >= 15 is 0 Å². The zero-order valence-corrected chi connectivity index (χ0v) is 16.7. The van der Waals surface area contributed by atoms with Crippen LogP contribution in [0.2, 0.25) is 0 Å². The summed E-state index contributed by atoms with van der Waals surface area (Å²) in [5.41, 5.74) is 5.96. The molecule has 0 aromatic rings. The third-order valence-corrected chi connectivity index (χ3v) is 8.68. The van der Waals surface area contributed by atoms with Gasteiger partial charge < -0.3 is 0 Å². The van der Waals surface area contributed by atoms with Gasteiger partial charge in [0.25, 0.3) is 0 Å². The predicted octanol–water partition coefficient (Wildman–Crippen LogP) is 5.43. The van der Waals surface area contributed by atoms with Crippen molar-refractivity contribution in [1.82, 2.24) is 0 Å². The molecular weight excluding hydrogens is 320 g/mol. The van der Waals surface area contributed by atoms with Crippen molar-refractivity contribution in [3.05, 3.63) is 29.0 Å². The minimum Gasteiger partial charge on any atom is -0.295 e. The summed E-state index contributed by atoms with van der Waals surface area (Å²) in [5, 5.41) is 0. The fraction of sp³-hybridized carbons (Fsp3) is 0.708. The number of fused-ring (bicyclic) bond motifs is 5. The van der Waals surface area contributed by atoms with Crippen LogP contribution in [0.5, 0.6) is 0 Å². The molecule has 0 aromatic heterocycles. The quantitative estimate of drug-likeness (QED) is 0.589. The van der Waals surface area contributed by atoms with Crippen LogP contribution in [0.1, 0.15) is 72.6 Å². The molecule has 6 atom stereocenters. The van der Waals surface area contributed by atoms with E-state index < -0.39 is 0 Å². The van der Waals surface area contributed by atoms with Crippen molar-refractivity contribution in [2.24, 2.45) is 34.5 Å². The Morgan fingerprint density at radius 2 is 1.92 bits per heavy atom. The third-order valence-electron chi connectivity index (χ3n) is 8.68. The second-order valence-corrected chi connectivity index (χ2v) is 9.74. The summed E-state index contributed by atoms with van der Waals surface area (Å²) in [5.74, 6) is 2.73. The Balaban J connectivity index is 1.71. The van der Waals surface area contributed by atoms with E-state index in [-0.39, 0.29) is 17.0 Å². The maximum atomic E-state index is 13.0. The zero-order valence-electron chi connectivity index (χ0n) is 16.7. The first-order valence-corrected chi connectivity index (χ1v) is 10.5. The maximum absolute atomic E-state index is 13.0. The van der Waals surface area contributed by atoms with Crippen molar-refractivity contribution in [2.75, 3.05) is 0 Å². The van der Waals surface area contributed by atoms with Crippen molar-refractivity contribution in [3.63, 3.8) is 0 Å². The average Bonchev–Trinajstić information content (AvgIpc) is 2.94. The molecule has 0 bridgehead atoms. The van der Waals surface area contributed by atoms with E-state index in [1.165, 1.54) is 31.3 Å². The first-order valence-electron chi connectivity index (χ1n) is 10.5. The molecule has 4 rings (SSSR count). The Morgan fingerprint density at radius 3 is 2.65 bits per heavy atom. The Labute approximate surface area is 157 Å². The summed E-state index contributed by atoms with van der Waals surface area (Å²) in [6.45, 7) is 9.05. The molecule has 0 radical (unpaired) electrons. The predicted molar refractivity (Wildman–Crippen MR) is 104 cm³/mol. The van der Waals surface area contributed by atoms with Crippen molar-refractivity contribution < 1.29 is 9.59 Å². The number of hydrogen-bond donors (Lipinski definition) is 0. The monoisotopic (exact) mass is 352 g/mol. The van der Waals surface area contributed by atoms with E-state index in [1.54, 1.807) is 6.08 Å². The largest absolute Gasteiger partial charge is 0.295 e. The fourth-order valence-corrected chi connectivity index (χ4v) is 7.43. The molecule has 4 aliphatic rings. The highest BCUT2D eigenvalue weighted by atomic mass is 16.1. The van der Waals surface area contributed by atoms with E-state index in [2.05, 4.69) is 26.5 Å². The summed E-state index contributed by atoms with van der Waals surface area (Å²) in [7, 11) is 0. The maximum Gasteiger partial charge on any atom is 0.159 e. The highest BCUT2D eigenvalue weighted by Gasteiger charge is 2.60. The molecule has 6 unspecified atom stereocenters. The molecule has 0 aliphatic heterocycles. The highest BCUT2D eigenvalue weighted by Crippen LogP contribution is 2.66. The van der Waals surface area contributed by atoms with Crippen LogP contribution in [-0.2, 0) is 9.59 Å². The number of rotatable bonds is 1. The van der Waals surface area contributed by atoms with Crippen LogP contribution in [0, 0.1) is 34.5 Å². The second-order valence-electron chi connectivity index (χ2n) is 9.74. The van der Waals surface area contributed by atoms with Crippen LogP contribution in [0.3, 0.4) is 0 Å². The van der Waals surface area contributed by atoms with Gasteiger partial charge in [-0.3, -0.25) is 9.59 Å². The molecule has 0 spiro atoms. The zero-order chi connectivity index (χ0) is 18.7. The summed E-state index contributed by atoms with van der Waals surface area (Å²) in [6, 6.07) is 0. The number of allylic oxidation sites excluding steroid dienone is 2. The molecule has 0 aromatic carbocycles. The van der Waals surface area contributed by atoms with Gasteiger partial charge in [0.05, 0.1) is 0 Å². The lowest BCUT2D eigenvalue weighted by Crippen LogP contribution is -2.52. The lowest BCUT2D eigenvalue weighted by molar-refractivity contribution is -0.131. The topological polar surface area (TPSA) is 34.1 Å². The molecule has 0 N–H and O–H groups in total. The van der Waals surface area contributed by atoms with E-state index in [0.717, 1.165) is 12.0 Å². The molecule has 0 saturated heterocycles. The minimum absolute atomic E-state index is 0.0679. The van der Waals surface area contributed by atoms with Crippen molar-refractivity contribution in [1.29, 1.82) is 0 Å². The fourth-order valence-electron chi connectivity index (χ4n) is 7.43. The number of ketones is 2. The van der Waals surface area contributed by atoms with Crippen LogP contribution < -0.4 is 0 Å². The van der Waals surface area contributed by atoms with Crippen LogP contribution in [0.15, 0.2) is 29.0 Å². The molecule has 2 nitrogen and oxygen atoms in total. The summed E-state index contributed by atoms with van der Waals surface area (Å²) in [6.07, 6.45) is 10.8. The molecular formula is C24H32O2. The van der Waals surface area contributed by atoms with Crippen LogP contribution in [0.4, 0.5) is 0 Å². The SMILES string of the molecule is CC=C=C(C)C1CCC2C3CC(=O)C4=CC(=O)CCC4(C)C3CCC12C. The van der Waals surface area contributed by atoms with Crippen LogP contribution in [0.25, 0.3) is 0 Å². The number of Topliss-reactive ketones (excluding diaryl/α,β-unsaturated/α-hetero) is 1. The van der Waals surface area contributed by atoms with Crippen molar-refractivity contribution >= 4 is 11.6 Å². The summed E-state index contributed by atoms with van der Waals surface area (Å²) in [4.78, 5) is 24.9. The van der Waals surface area contributed by atoms with E-state index in [4.69, 9.17) is 0 Å². The van der Waals surface area contributed by atoms with Gasteiger partial charge in [-0.2, -0.15) is 0 Å². The van der Waals surface area contributed by atoms with E-state index in [0.29, 0.717) is 41.9 Å². The van der Waals surface area contributed by atoms with Crippen molar-refractivity contribution in [3.8, 4) is 0 Å². The number of carbonyl (C=O) groups is 2. The summed E-state index contributed by atoms with van der Waals surface area (Å²) >= 11 is 0. The second kappa shape index (κ2) is 6.06. The highest BCUT2D eigenvalue weighted by molar-refractivity contribution is 6.05. The smallest absolute Gasteiger partial charge is 0.159 e. The Morgan fingerprint density at radius 1 is 1.15 bits per heavy atom. The van der Waals surface area contributed by atoms with Crippen LogP contribution in [-0.4, -0.2) is 11.6 Å². The average molecular weight is 353 g/mol. The molecule has 4 aliphatic carbocycles. The van der Waals surface area contributed by atoms with Gasteiger partial charge >= 0.3 is 0 Å². The molecule has 2 heteroatoms. The number of carbonyl (C=O) groups excluding carboxylic acids is 2. The number of hydrogen-bond acceptors (Lipinski definition) is 2. The van der Waals surface area contributed by atoms with E-state index in [9.17, 15) is 9.59 Å². The van der Waals surface area contributed by atoms with Gasteiger partial charge in [0.2, 0.25) is 0 Å². The molecule has 3 saturated carbocycles. The Kier molecular flexibility index (Phi) is 4.19. The first-order chi connectivity index (χ1) is 12.3. The van der Waals surface area contributed by atoms with Gasteiger partial charge in [-0.05, 0) is 98.2 Å². The van der Waals surface area contributed by atoms with Gasteiger partial charge in [-0.1, -0.05) is 13.8 Å². The van der Waals surface area contributed by atoms with Crippen LogP contribution >= 0.6 is 0 Å². The van der Waals surface area contributed by atoms with E-state index in [1.807, 2.05) is 13.0 Å². The lowest BCUT2D eigenvalue weighted by atomic mass is 9.46. The minimum atomic E-state index is -0.0679. The Bertz CT molecular complexity index is 750. The standard InChI is InChI=1S/C24H32O2/c1-5-6-15(2)18-7-8-19-17-14-22(26)21-13-16(25)9-11-24(21,4)20(17)10-12-23(18,19)3/h5,13,17-20H,7-12,14H2,1-4H3. The van der Waals surface area contributed by atoms with Gasteiger partial charge in [0, 0.05) is 18.4 Å². The van der Waals surface area contributed by atoms with Gasteiger partial charge in [-0.15, -0.1) is 5.73 Å². The molecule has 0 heterocycles. The molecule has 26 heavy (non-hydrogen) atoms. The molecule has 140 valence electrons. The normalized spacial score (nSPS) is 44.4.